The van der Waals surface area contributed by atoms with Crippen LogP contribution in [0.4, 0.5) is 11.6 Å². The van der Waals surface area contributed by atoms with E-state index in [0.29, 0.717) is 12.5 Å². The zero-order valence-corrected chi connectivity index (χ0v) is 20.9. The number of ether oxygens (including phenoxy) is 2. The Balaban J connectivity index is 1.38. The van der Waals surface area contributed by atoms with Gasteiger partial charge in [-0.2, -0.15) is 4.98 Å². The van der Waals surface area contributed by atoms with E-state index in [1.165, 1.54) is 11.8 Å². The van der Waals surface area contributed by atoms with Crippen molar-refractivity contribution in [2.24, 2.45) is 0 Å². The largest absolute Gasteiger partial charge is 0.491 e. The normalized spacial score (nSPS) is 12.4. The van der Waals surface area contributed by atoms with Gasteiger partial charge in [0.25, 0.3) is 5.91 Å². The number of fused-ring (bicyclic) bond motifs is 1. The van der Waals surface area contributed by atoms with Gasteiger partial charge in [-0.15, -0.1) is 0 Å². The third-order valence-electron chi connectivity index (χ3n) is 5.96. The standard InChI is InChI=1S/C29H29N5O3/c1-20(2)37-24-11-9-21(10-12-24)19-36-28-25(27(35)31-17-22-6-5-14-30-16-22)18-32-29(33-28)34-15-13-23-7-3-4-8-26(23)34/h3-12,14,16,18,20H,13,15,17,19H2,1-2H3,(H,31,35). The number of anilines is 2. The van der Waals surface area contributed by atoms with Crippen LogP contribution in [-0.2, 0) is 19.6 Å². The summed E-state index contributed by atoms with van der Waals surface area (Å²) in [7, 11) is 0. The maximum absolute atomic E-state index is 13.1. The molecule has 37 heavy (non-hydrogen) atoms. The number of benzene rings is 2. The highest BCUT2D eigenvalue weighted by Crippen LogP contribution is 2.33. The SMILES string of the molecule is CC(C)Oc1ccc(COc2nc(N3CCc4ccccc43)ncc2C(=O)NCc2cccnc2)cc1. The van der Waals surface area contributed by atoms with Crippen molar-refractivity contribution in [1.82, 2.24) is 20.3 Å². The lowest BCUT2D eigenvalue weighted by Gasteiger charge is -2.19. The topological polar surface area (TPSA) is 89.5 Å². The molecule has 0 saturated carbocycles. The maximum atomic E-state index is 13.1. The molecule has 0 radical (unpaired) electrons. The molecule has 5 rings (SSSR count). The van der Waals surface area contributed by atoms with Crippen molar-refractivity contribution in [2.75, 3.05) is 11.4 Å². The highest BCUT2D eigenvalue weighted by atomic mass is 16.5. The molecule has 8 heteroatoms. The van der Waals surface area contributed by atoms with Crippen molar-refractivity contribution in [3.8, 4) is 11.6 Å². The van der Waals surface area contributed by atoms with Crippen LogP contribution in [0.1, 0.15) is 40.9 Å². The second-order valence-corrected chi connectivity index (χ2v) is 9.06. The third kappa shape index (κ3) is 5.86. The second-order valence-electron chi connectivity index (χ2n) is 9.06. The summed E-state index contributed by atoms with van der Waals surface area (Å²) in [4.78, 5) is 28.5. The number of carbonyl (C=O) groups is 1. The van der Waals surface area contributed by atoms with Crippen LogP contribution in [0.3, 0.4) is 0 Å². The summed E-state index contributed by atoms with van der Waals surface area (Å²) in [5, 5.41) is 2.92. The van der Waals surface area contributed by atoms with Crippen molar-refractivity contribution >= 4 is 17.5 Å². The molecule has 0 aliphatic carbocycles. The van der Waals surface area contributed by atoms with Crippen LogP contribution in [0.2, 0.25) is 0 Å². The fraction of sp³-hybridized carbons (Fsp3) is 0.241. The Bertz CT molecular complexity index is 1360. The molecule has 8 nitrogen and oxygen atoms in total. The number of pyridine rings is 1. The van der Waals surface area contributed by atoms with Crippen molar-refractivity contribution < 1.29 is 14.3 Å². The van der Waals surface area contributed by atoms with E-state index in [9.17, 15) is 4.79 Å². The number of nitrogens with one attached hydrogen (secondary N) is 1. The number of hydrogen-bond acceptors (Lipinski definition) is 7. The molecule has 2 aromatic heterocycles. The average molecular weight is 496 g/mol. The number of rotatable bonds is 9. The van der Waals surface area contributed by atoms with Crippen LogP contribution in [0, 0.1) is 0 Å². The van der Waals surface area contributed by atoms with Gasteiger partial charge in [0, 0.05) is 37.4 Å². The number of carbonyl (C=O) groups excluding carboxylic acids is 1. The minimum absolute atomic E-state index is 0.102. The molecule has 1 aliphatic heterocycles. The van der Waals surface area contributed by atoms with Gasteiger partial charge in [-0.25, -0.2) is 4.98 Å². The Labute approximate surface area is 216 Å². The highest BCUT2D eigenvalue weighted by Gasteiger charge is 2.24. The first kappa shape index (κ1) is 24.2. The molecule has 0 bridgehead atoms. The second kappa shape index (κ2) is 11.1. The molecule has 0 saturated heterocycles. The Morgan fingerprint density at radius 3 is 2.65 bits per heavy atom. The quantitative estimate of drug-likeness (QED) is 0.355. The number of amides is 1. The van der Waals surface area contributed by atoms with Crippen molar-refractivity contribution in [3.05, 3.63) is 102 Å². The Kier molecular flexibility index (Phi) is 7.26. The molecule has 188 valence electrons. The van der Waals surface area contributed by atoms with Crippen LogP contribution in [0.25, 0.3) is 0 Å². The summed E-state index contributed by atoms with van der Waals surface area (Å²) in [5.41, 5.74) is 4.43. The Morgan fingerprint density at radius 1 is 1.03 bits per heavy atom. The third-order valence-corrected chi connectivity index (χ3v) is 5.96. The highest BCUT2D eigenvalue weighted by molar-refractivity contribution is 5.96. The van der Waals surface area contributed by atoms with E-state index in [1.54, 1.807) is 12.4 Å². The summed E-state index contributed by atoms with van der Waals surface area (Å²) in [6.45, 7) is 5.33. The molecule has 0 spiro atoms. The molecule has 3 heterocycles. The van der Waals surface area contributed by atoms with Gasteiger partial charge >= 0.3 is 0 Å². The summed E-state index contributed by atoms with van der Waals surface area (Å²) in [6.07, 6.45) is 5.96. The molecular weight excluding hydrogens is 466 g/mol. The van der Waals surface area contributed by atoms with Gasteiger partial charge in [0.05, 0.1) is 6.10 Å². The molecule has 0 fully saturated rings. The first-order chi connectivity index (χ1) is 18.1. The number of nitrogens with zero attached hydrogens (tertiary/aromatic N) is 4. The van der Waals surface area contributed by atoms with E-state index in [2.05, 4.69) is 32.3 Å². The predicted molar refractivity (Wildman–Crippen MR) is 141 cm³/mol. The molecule has 2 aromatic carbocycles. The minimum Gasteiger partial charge on any atom is -0.491 e. The van der Waals surface area contributed by atoms with Crippen LogP contribution in [-0.4, -0.2) is 33.5 Å². The van der Waals surface area contributed by atoms with Gasteiger partial charge in [-0.05, 0) is 61.2 Å². The molecule has 0 atom stereocenters. The lowest BCUT2D eigenvalue weighted by atomic mass is 10.2. The predicted octanol–water partition coefficient (Wildman–Crippen LogP) is 4.86. The van der Waals surface area contributed by atoms with E-state index in [4.69, 9.17) is 14.5 Å². The zero-order chi connectivity index (χ0) is 25.6. The lowest BCUT2D eigenvalue weighted by molar-refractivity contribution is 0.0945. The van der Waals surface area contributed by atoms with E-state index >= 15 is 0 Å². The van der Waals surface area contributed by atoms with Crippen LogP contribution in [0.5, 0.6) is 11.6 Å². The number of para-hydroxylation sites is 1. The molecule has 0 unspecified atom stereocenters. The van der Waals surface area contributed by atoms with Crippen LogP contribution in [0.15, 0.2) is 79.3 Å². The summed E-state index contributed by atoms with van der Waals surface area (Å²) in [6, 6.07) is 19.6. The molecular formula is C29H29N5O3. The van der Waals surface area contributed by atoms with Crippen molar-refractivity contribution in [1.29, 1.82) is 0 Å². The zero-order valence-electron chi connectivity index (χ0n) is 20.9. The van der Waals surface area contributed by atoms with Gasteiger partial charge in [0.1, 0.15) is 17.9 Å². The fourth-order valence-electron chi connectivity index (χ4n) is 4.17. The molecule has 1 N–H and O–H groups in total. The maximum Gasteiger partial charge on any atom is 0.258 e. The van der Waals surface area contributed by atoms with Gasteiger partial charge in [0.15, 0.2) is 0 Å². The Morgan fingerprint density at radius 2 is 1.86 bits per heavy atom. The van der Waals surface area contributed by atoms with Gasteiger partial charge < -0.3 is 19.7 Å². The summed E-state index contributed by atoms with van der Waals surface area (Å²) in [5.74, 6) is 1.23. The van der Waals surface area contributed by atoms with Crippen molar-refractivity contribution in [2.45, 2.75) is 39.5 Å². The van der Waals surface area contributed by atoms with E-state index < -0.39 is 0 Å². The summed E-state index contributed by atoms with van der Waals surface area (Å²) < 4.78 is 11.8. The average Bonchev–Trinajstić information content (AvgIpc) is 3.36. The molecule has 1 aliphatic rings. The molecule has 1 amide bonds. The summed E-state index contributed by atoms with van der Waals surface area (Å²) >= 11 is 0. The fourth-order valence-corrected chi connectivity index (χ4v) is 4.17. The van der Waals surface area contributed by atoms with Gasteiger partial charge in [-0.3, -0.25) is 9.78 Å². The first-order valence-corrected chi connectivity index (χ1v) is 12.3. The van der Waals surface area contributed by atoms with Crippen LogP contribution >= 0.6 is 0 Å². The Hall–Kier alpha value is -4.46. The van der Waals surface area contributed by atoms with E-state index in [-0.39, 0.29) is 30.1 Å². The first-order valence-electron chi connectivity index (χ1n) is 12.3. The van der Waals surface area contributed by atoms with E-state index in [0.717, 1.165) is 35.5 Å². The van der Waals surface area contributed by atoms with E-state index in [1.807, 2.05) is 62.4 Å². The molecule has 4 aromatic rings. The van der Waals surface area contributed by atoms with Gasteiger partial charge in [0.2, 0.25) is 11.8 Å². The monoisotopic (exact) mass is 495 g/mol. The van der Waals surface area contributed by atoms with Crippen LogP contribution < -0.4 is 19.7 Å². The minimum atomic E-state index is -0.312. The number of aromatic nitrogens is 3. The smallest absolute Gasteiger partial charge is 0.258 e. The van der Waals surface area contributed by atoms with Gasteiger partial charge in [-0.1, -0.05) is 36.4 Å². The van der Waals surface area contributed by atoms with Crippen molar-refractivity contribution in [3.63, 3.8) is 0 Å². The lowest BCUT2D eigenvalue weighted by Crippen LogP contribution is -2.25. The number of hydrogen-bond donors (Lipinski definition) is 1.